The van der Waals surface area contributed by atoms with E-state index >= 15 is 0 Å². The quantitative estimate of drug-likeness (QED) is 0.799. The Morgan fingerprint density at radius 1 is 1.46 bits per heavy atom. The van der Waals surface area contributed by atoms with Gasteiger partial charge in [-0.2, -0.15) is 0 Å². The summed E-state index contributed by atoms with van der Waals surface area (Å²) < 4.78 is 1.09. The third kappa shape index (κ3) is 2.18. The van der Waals surface area contributed by atoms with Crippen LogP contribution in [0.1, 0.15) is 0 Å². The number of nitrogens with one attached hydrogen (secondary N) is 1. The maximum atomic E-state index is 5.85. The predicted molar refractivity (Wildman–Crippen MR) is 61.1 cm³/mol. The molecule has 1 aliphatic rings. The van der Waals surface area contributed by atoms with Gasteiger partial charge in [0.2, 0.25) is 0 Å². The first-order chi connectivity index (χ1) is 6.25. The van der Waals surface area contributed by atoms with E-state index in [0.29, 0.717) is 5.25 Å². The van der Waals surface area contributed by atoms with Crippen LogP contribution in [0.25, 0.3) is 0 Å². The molecule has 0 spiro atoms. The van der Waals surface area contributed by atoms with E-state index in [1.807, 2.05) is 23.9 Å². The monoisotopic (exact) mass is 258 g/mol. The number of nitrogen functional groups attached to an aromatic ring is 1. The Morgan fingerprint density at radius 3 is 2.85 bits per heavy atom. The van der Waals surface area contributed by atoms with Gasteiger partial charge in [-0.15, -0.1) is 11.8 Å². The molecule has 1 aromatic carbocycles. The van der Waals surface area contributed by atoms with E-state index in [2.05, 4.69) is 27.3 Å². The number of halogens is 1. The molecule has 0 saturated carbocycles. The normalized spacial score (nSPS) is 17.0. The highest BCUT2D eigenvalue weighted by Crippen LogP contribution is 2.32. The van der Waals surface area contributed by atoms with Gasteiger partial charge in [-0.25, -0.2) is 0 Å². The van der Waals surface area contributed by atoms with Gasteiger partial charge in [0.25, 0.3) is 0 Å². The number of thioether (sulfide) groups is 1. The van der Waals surface area contributed by atoms with Crippen LogP contribution in [0.2, 0.25) is 0 Å². The molecule has 0 amide bonds. The summed E-state index contributed by atoms with van der Waals surface area (Å²) in [5.74, 6) is 0. The fourth-order valence-corrected chi connectivity index (χ4v) is 2.81. The van der Waals surface area contributed by atoms with E-state index in [1.165, 1.54) is 4.90 Å². The molecule has 0 aromatic heterocycles. The lowest BCUT2D eigenvalue weighted by Crippen LogP contribution is -2.44. The zero-order valence-electron chi connectivity index (χ0n) is 7.09. The van der Waals surface area contributed by atoms with Crippen molar-refractivity contribution in [1.82, 2.24) is 5.32 Å². The summed E-state index contributed by atoms with van der Waals surface area (Å²) in [4.78, 5) is 1.18. The predicted octanol–water partition coefficient (Wildman–Crippen LogP) is 2.10. The van der Waals surface area contributed by atoms with E-state index in [1.54, 1.807) is 0 Å². The van der Waals surface area contributed by atoms with Crippen LogP contribution in [-0.2, 0) is 0 Å². The van der Waals surface area contributed by atoms with Crippen LogP contribution in [0, 0.1) is 0 Å². The minimum atomic E-state index is 0.691. The number of nitrogens with two attached hydrogens (primary N) is 1. The molecule has 2 nitrogen and oxygen atoms in total. The number of benzene rings is 1. The number of hydrogen-bond donors (Lipinski definition) is 2. The third-order valence-electron chi connectivity index (χ3n) is 2.01. The summed E-state index contributed by atoms with van der Waals surface area (Å²) in [5, 5.41) is 3.93. The van der Waals surface area contributed by atoms with Crippen LogP contribution in [-0.4, -0.2) is 18.3 Å². The molecule has 0 atom stereocenters. The SMILES string of the molecule is Nc1ccc(Br)cc1SC1CNC1. The molecule has 2 rings (SSSR count). The maximum absolute atomic E-state index is 5.85. The van der Waals surface area contributed by atoms with Gasteiger partial charge in [-0.05, 0) is 18.2 Å². The van der Waals surface area contributed by atoms with Crippen LogP contribution in [0.4, 0.5) is 5.69 Å². The molecule has 0 unspecified atom stereocenters. The average molecular weight is 259 g/mol. The Balaban J connectivity index is 2.13. The fourth-order valence-electron chi connectivity index (χ4n) is 1.14. The van der Waals surface area contributed by atoms with Crippen molar-refractivity contribution in [2.24, 2.45) is 0 Å². The summed E-state index contributed by atoms with van der Waals surface area (Å²) in [6, 6.07) is 6.00. The van der Waals surface area contributed by atoms with Crippen molar-refractivity contribution in [1.29, 1.82) is 0 Å². The first kappa shape index (κ1) is 9.37. The highest BCUT2D eigenvalue weighted by atomic mass is 79.9. The minimum absolute atomic E-state index is 0.691. The van der Waals surface area contributed by atoms with Crippen molar-refractivity contribution < 1.29 is 0 Å². The van der Waals surface area contributed by atoms with Gasteiger partial charge in [-0.3, -0.25) is 0 Å². The molecule has 1 saturated heterocycles. The minimum Gasteiger partial charge on any atom is -0.398 e. The summed E-state index contributed by atoms with van der Waals surface area (Å²) in [6.07, 6.45) is 0. The summed E-state index contributed by atoms with van der Waals surface area (Å²) in [7, 11) is 0. The van der Waals surface area contributed by atoms with Crippen LogP contribution >= 0.6 is 27.7 Å². The molecule has 13 heavy (non-hydrogen) atoms. The molecule has 70 valence electrons. The summed E-state index contributed by atoms with van der Waals surface area (Å²) >= 11 is 5.30. The van der Waals surface area contributed by atoms with Gasteiger partial charge in [0.1, 0.15) is 0 Å². The van der Waals surface area contributed by atoms with Gasteiger partial charge < -0.3 is 11.1 Å². The van der Waals surface area contributed by atoms with Crippen molar-refractivity contribution in [3.05, 3.63) is 22.7 Å². The molecule has 1 aromatic rings. The van der Waals surface area contributed by atoms with E-state index < -0.39 is 0 Å². The first-order valence-electron chi connectivity index (χ1n) is 4.18. The highest BCUT2D eigenvalue weighted by molar-refractivity contribution is 9.10. The Bertz CT molecular complexity index is 312. The average Bonchev–Trinajstić information content (AvgIpc) is 2.03. The zero-order chi connectivity index (χ0) is 9.26. The van der Waals surface area contributed by atoms with Crippen molar-refractivity contribution in [2.75, 3.05) is 18.8 Å². The molecule has 0 radical (unpaired) electrons. The lowest BCUT2D eigenvalue weighted by Gasteiger charge is -2.26. The van der Waals surface area contributed by atoms with Crippen molar-refractivity contribution >= 4 is 33.4 Å². The third-order valence-corrected chi connectivity index (χ3v) is 3.78. The molecule has 3 N–H and O–H groups in total. The Labute approximate surface area is 90.4 Å². The molecule has 1 heterocycles. The van der Waals surface area contributed by atoms with Crippen LogP contribution in [0.15, 0.2) is 27.6 Å². The molecule has 4 heteroatoms. The Morgan fingerprint density at radius 2 is 2.23 bits per heavy atom. The highest BCUT2D eigenvalue weighted by Gasteiger charge is 2.18. The number of rotatable bonds is 2. The van der Waals surface area contributed by atoms with E-state index in [9.17, 15) is 0 Å². The largest absolute Gasteiger partial charge is 0.398 e. The second-order valence-corrected chi connectivity index (χ2v) is 5.34. The second-order valence-electron chi connectivity index (χ2n) is 3.08. The number of anilines is 1. The van der Waals surface area contributed by atoms with Gasteiger partial charge in [0.05, 0.1) is 0 Å². The first-order valence-corrected chi connectivity index (χ1v) is 5.85. The van der Waals surface area contributed by atoms with Gasteiger partial charge in [-0.1, -0.05) is 15.9 Å². The number of hydrogen-bond acceptors (Lipinski definition) is 3. The summed E-state index contributed by atoms with van der Waals surface area (Å²) in [6.45, 7) is 2.19. The molecular formula is C9H11BrN2S. The maximum Gasteiger partial charge on any atom is 0.0453 e. The van der Waals surface area contributed by atoms with Gasteiger partial charge >= 0.3 is 0 Å². The second kappa shape index (κ2) is 3.90. The Kier molecular flexibility index (Phi) is 2.81. The van der Waals surface area contributed by atoms with Crippen LogP contribution < -0.4 is 11.1 Å². The van der Waals surface area contributed by atoms with Crippen LogP contribution in [0.5, 0.6) is 0 Å². The zero-order valence-corrected chi connectivity index (χ0v) is 9.49. The van der Waals surface area contributed by atoms with Crippen molar-refractivity contribution in [3.63, 3.8) is 0 Å². The van der Waals surface area contributed by atoms with Crippen molar-refractivity contribution in [2.45, 2.75) is 10.1 Å². The lowest BCUT2D eigenvalue weighted by molar-refractivity contribution is 0.544. The fraction of sp³-hybridized carbons (Fsp3) is 0.333. The van der Waals surface area contributed by atoms with E-state index in [-0.39, 0.29) is 0 Å². The van der Waals surface area contributed by atoms with E-state index in [4.69, 9.17) is 5.73 Å². The van der Waals surface area contributed by atoms with Gasteiger partial charge in [0, 0.05) is 33.4 Å². The molecule has 0 aliphatic carbocycles. The Hall–Kier alpha value is -0.190. The molecular weight excluding hydrogens is 248 g/mol. The standard InChI is InChI=1S/C9H11BrN2S/c10-6-1-2-8(11)9(3-6)13-7-4-12-5-7/h1-3,7,12H,4-5,11H2. The van der Waals surface area contributed by atoms with Crippen LogP contribution in [0.3, 0.4) is 0 Å². The smallest absolute Gasteiger partial charge is 0.0453 e. The molecule has 0 bridgehead atoms. The lowest BCUT2D eigenvalue weighted by atomic mass is 10.3. The van der Waals surface area contributed by atoms with E-state index in [0.717, 1.165) is 23.2 Å². The van der Waals surface area contributed by atoms with Crippen molar-refractivity contribution in [3.8, 4) is 0 Å². The van der Waals surface area contributed by atoms with Gasteiger partial charge in [0.15, 0.2) is 0 Å². The molecule has 1 aliphatic heterocycles. The topological polar surface area (TPSA) is 38.0 Å². The molecule has 1 fully saturated rings. The summed E-state index contributed by atoms with van der Waals surface area (Å²) in [5.41, 5.74) is 6.73.